The van der Waals surface area contributed by atoms with Gasteiger partial charge in [0.25, 0.3) is 0 Å². The van der Waals surface area contributed by atoms with Crippen molar-refractivity contribution >= 4 is 0 Å². The summed E-state index contributed by atoms with van der Waals surface area (Å²) in [5.74, 6) is 0.906. The number of hydrogen-bond donors (Lipinski definition) is 1. The first kappa shape index (κ1) is 12.1. The number of aromatic nitrogens is 4. The molecule has 0 saturated heterocycles. The van der Waals surface area contributed by atoms with Gasteiger partial charge in [0, 0.05) is 0 Å². The van der Waals surface area contributed by atoms with Crippen molar-refractivity contribution in [1.82, 2.24) is 25.5 Å². The largest absolute Gasteiger partial charge is 0.311 e. The van der Waals surface area contributed by atoms with Crippen molar-refractivity contribution in [3.8, 4) is 0 Å². The average molecular weight is 211 g/mol. The molecule has 1 aromatic heterocycles. The molecular formula is C10H21N5. The van der Waals surface area contributed by atoms with Gasteiger partial charge in [0.05, 0.1) is 11.6 Å². The van der Waals surface area contributed by atoms with Gasteiger partial charge in [-0.15, -0.1) is 5.10 Å². The highest BCUT2D eigenvalue weighted by Crippen LogP contribution is 2.25. The Bertz CT molecular complexity index is 303. The number of nitrogens with one attached hydrogen (secondary N) is 1. The van der Waals surface area contributed by atoms with E-state index in [1.165, 1.54) is 0 Å². The molecule has 5 nitrogen and oxygen atoms in total. The van der Waals surface area contributed by atoms with Gasteiger partial charge in [0.2, 0.25) is 0 Å². The molecule has 1 rings (SSSR count). The molecule has 0 spiro atoms. The normalized spacial score (nSPS) is 14.2. The fraction of sp³-hybridized carbons (Fsp3) is 0.900. The molecule has 86 valence electrons. The summed E-state index contributed by atoms with van der Waals surface area (Å²) in [6.07, 6.45) is 2.05. The van der Waals surface area contributed by atoms with E-state index in [2.05, 4.69) is 48.5 Å². The van der Waals surface area contributed by atoms with Crippen molar-refractivity contribution in [2.75, 3.05) is 7.05 Å². The lowest BCUT2D eigenvalue weighted by Gasteiger charge is -2.28. The van der Waals surface area contributed by atoms with E-state index in [1.807, 2.05) is 11.7 Å². The zero-order valence-electron chi connectivity index (χ0n) is 10.3. The fourth-order valence-electron chi connectivity index (χ4n) is 1.53. The Labute approximate surface area is 91.2 Å². The third-order valence-corrected chi connectivity index (χ3v) is 3.35. The molecule has 0 fully saturated rings. The molecule has 1 unspecified atom stereocenters. The van der Waals surface area contributed by atoms with Crippen LogP contribution in [-0.2, 0) is 5.54 Å². The summed E-state index contributed by atoms with van der Waals surface area (Å²) in [5.41, 5.74) is 0.0178. The van der Waals surface area contributed by atoms with Crippen LogP contribution in [0.25, 0.3) is 0 Å². The number of tetrazole rings is 1. The lowest BCUT2D eigenvalue weighted by molar-refractivity contribution is 0.245. The minimum Gasteiger partial charge on any atom is -0.311 e. The Kier molecular flexibility index (Phi) is 3.79. The van der Waals surface area contributed by atoms with Crippen LogP contribution in [0.5, 0.6) is 0 Å². The molecule has 1 heterocycles. The predicted octanol–water partition coefficient (Wildman–Crippen LogP) is 1.49. The minimum atomic E-state index is 0.0178. The lowest BCUT2D eigenvalue weighted by Crippen LogP contribution is -2.33. The Balaban J connectivity index is 3.08. The monoisotopic (exact) mass is 211 g/mol. The van der Waals surface area contributed by atoms with E-state index in [0.29, 0.717) is 0 Å². The Morgan fingerprint density at radius 1 is 1.40 bits per heavy atom. The van der Waals surface area contributed by atoms with E-state index in [1.54, 1.807) is 0 Å². The third-order valence-electron chi connectivity index (χ3n) is 3.35. The van der Waals surface area contributed by atoms with Gasteiger partial charge < -0.3 is 5.32 Å². The molecule has 0 aliphatic rings. The summed E-state index contributed by atoms with van der Waals surface area (Å²) in [5, 5.41) is 15.1. The second kappa shape index (κ2) is 4.70. The van der Waals surface area contributed by atoms with E-state index in [-0.39, 0.29) is 11.6 Å². The molecule has 0 aromatic carbocycles. The predicted molar refractivity (Wildman–Crippen MR) is 59.5 cm³/mol. The maximum absolute atomic E-state index is 4.11. The summed E-state index contributed by atoms with van der Waals surface area (Å²) < 4.78 is 1.95. The van der Waals surface area contributed by atoms with E-state index in [9.17, 15) is 0 Å². The average Bonchev–Trinajstić information content (AvgIpc) is 2.76. The van der Waals surface area contributed by atoms with Gasteiger partial charge in [0.15, 0.2) is 5.82 Å². The molecule has 0 bridgehead atoms. The molecule has 0 aliphatic carbocycles. The van der Waals surface area contributed by atoms with Crippen LogP contribution in [0.3, 0.4) is 0 Å². The van der Waals surface area contributed by atoms with Gasteiger partial charge in [-0.05, 0) is 44.2 Å². The first-order valence-electron chi connectivity index (χ1n) is 5.55. The van der Waals surface area contributed by atoms with Gasteiger partial charge >= 0.3 is 0 Å². The van der Waals surface area contributed by atoms with Crippen LogP contribution < -0.4 is 5.32 Å². The quantitative estimate of drug-likeness (QED) is 0.801. The Hall–Kier alpha value is -0.970. The lowest BCUT2D eigenvalue weighted by atomic mass is 9.95. The fourth-order valence-corrected chi connectivity index (χ4v) is 1.53. The van der Waals surface area contributed by atoms with Crippen LogP contribution in [0.4, 0.5) is 0 Å². The molecule has 0 amide bonds. The maximum Gasteiger partial charge on any atom is 0.168 e. The summed E-state index contributed by atoms with van der Waals surface area (Å²) in [7, 11) is 1.92. The number of rotatable bonds is 5. The van der Waals surface area contributed by atoms with Crippen molar-refractivity contribution in [1.29, 1.82) is 0 Å². The van der Waals surface area contributed by atoms with Crippen LogP contribution in [0.1, 0.15) is 52.4 Å². The highest BCUT2D eigenvalue weighted by atomic mass is 15.6. The van der Waals surface area contributed by atoms with Crippen LogP contribution in [0, 0.1) is 0 Å². The zero-order chi connectivity index (χ0) is 11.5. The van der Waals surface area contributed by atoms with Gasteiger partial charge in [0.1, 0.15) is 0 Å². The standard InChI is InChI=1S/C10H21N5/c1-6-10(4,7-2)15-9(8(3)11-5)12-13-14-15/h8,11H,6-7H2,1-5H3. The smallest absolute Gasteiger partial charge is 0.168 e. The summed E-state index contributed by atoms with van der Waals surface area (Å²) in [6, 6.07) is 0.178. The first-order valence-corrected chi connectivity index (χ1v) is 5.55. The van der Waals surface area contributed by atoms with Crippen molar-refractivity contribution in [2.45, 2.75) is 52.1 Å². The van der Waals surface area contributed by atoms with E-state index in [4.69, 9.17) is 0 Å². The molecular weight excluding hydrogens is 190 g/mol. The van der Waals surface area contributed by atoms with Gasteiger partial charge in [-0.3, -0.25) is 0 Å². The van der Waals surface area contributed by atoms with Crippen LogP contribution in [0.15, 0.2) is 0 Å². The summed E-state index contributed by atoms with van der Waals surface area (Å²) in [6.45, 7) is 8.58. The number of hydrogen-bond acceptors (Lipinski definition) is 4. The van der Waals surface area contributed by atoms with Crippen molar-refractivity contribution in [3.63, 3.8) is 0 Å². The maximum atomic E-state index is 4.11. The molecule has 5 heteroatoms. The Morgan fingerprint density at radius 2 is 2.00 bits per heavy atom. The van der Waals surface area contributed by atoms with Gasteiger partial charge in [-0.25, -0.2) is 4.68 Å². The highest BCUT2D eigenvalue weighted by molar-refractivity contribution is 4.95. The van der Waals surface area contributed by atoms with E-state index >= 15 is 0 Å². The van der Waals surface area contributed by atoms with Gasteiger partial charge in [-0.1, -0.05) is 13.8 Å². The van der Waals surface area contributed by atoms with E-state index < -0.39 is 0 Å². The summed E-state index contributed by atoms with van der Waals surface area (Å²) in [4.78, 5) is 0. The second-order valence-electron chi connectivity index (χ2n) is 4.16. The van der Waals surface area contributed by atoms with E-state index in [0.717, 1.165) is 18.7 Å². The van der Waals surface area contributed by atoms with Crippen LogP contribution >= 0.6 is 0 Å². The van der Waals surface area contributed by atoms with Crippen molar-refractivity contribution in [3.05, 3.63) is 5.82 Å². The van der Waals surface area contributed by atoms with Crippen molar-refractivity contribution < 1.29 is 0 Å². The zero-order valence-corrected chi connectivity index (χ0v) is 10.3. The van der Waals surface area contributed by atoms with Crippen LogP contribution in [-0.4, -0.2) is 27.3 Å². The molecule has 0 saturated carbocycles. The summed E-state index contributed by atoms with van der Waals surface area (Å²) >= 11 is 0. The third kappa shape index (κ3) is 2.17. The first-order chi connectivity index (χ1) is 7.09. The Morgan fingerprint density at radius 3 is 2.47 bits per heavy atom. The SMILES string of the molecule is CCC(C)(CC)n1nnnc1C(C)NC. The second-order valence-corrected chi connectivity index (χ2v) is 4.16. The molecule has 1 N–H and O–H groups in total. The minimum absolute atomic E-state index is 0.0178. The molecule has 1 aromatic rings. The molecule has 15 heavy (non-hydrogen) atoms. The molecule has 0 radical (unpaired) electrons. The number of nitrogens with zero attached hydrogens (tertiary/aromatic N) is 4. The van der Waals surface area contributed by atoms with Crippen molar-refractivity contribution in [2.24, 2.45) is 0 Å². The highest BCUT2D eigenvalue weighted by Gasteiger charge is 2.28. The van der Waals surface area contributed by atoms with Gasteiger partial charge in [-0.2, -0.15) is 0 Å². The van der Waals surface area contributed by atoms with Crippen LogP contribution in [0.2, 0.25) is 0 Å². The molecule has 0 aliphatic heterocycles. The topological polar surface area (TPSA) is 55.6 Å². The molecule has 1 atom stereocenters.